The summed E-state index contributed by atoms with van der Waals surface area (Å²) in [6, 6.07) is 92.5. The van der Waals surface area contributed by atoms with Crippen molar-refractivity contribution in [1.82, 2.24) is 0 Å². The Kier molecular flexibility index (Phi) is 12.3. The minimum absolute atomic E-state index is 1.10. The smallest absolute Gasteiger partial charge is 0.0551 e. The Hall–Kier alpha value is -7.50. The molecule has 11 aromatic carbocycles. The molecule has 11 aromatic rings. The Labute approximate surface area is 424 Å². The zero-order valence-corrected chi connectivity index (χ0v) is 44.7. The normalized spacial score (nSPS) is 11.8. The average Bonchev–Trinajstić information content (AvgIpc) is 3.41. The molecule has 0 heterocycles. The van der Waals surface area contributed by atoms with Gasteiger partial charge in [-0.05, 0) is 97.7 Å². The van der Waals surface area contributed by atoms with Crippen molar-refractivity contribution in [3.8, 4) is 66.8 Å². The molecule has 0 amide bonds. The summed E-state index contributed by atoms with van der Waals surface area (Å²) in [5.74, 6) is 7.38. The second-order valence-electron chi connectivity index (χ2n) is 21.1. The third kappa shape index (κ3) is 9.84. The molecule has 0 fully saturated rings. The van der Waals surface area contributed by atoms with Crippen molar-refractivity contribution in [2.75, 3.05) is 4.90 Å². The number of rotatable bonds is 11. The first-order valence-corrected chi connectivity index (χ1v) is 35.8. The van der Waals surface area contributed by atoms with E-state index in [2.05, 4.69) is 291 Å². The van der Waals surface area contributed by atoms with E-state index in [-0.39, 0.29) is 0 Å². The van der Waals surface area contributed by atoms with Crippen molar-refractivity contribution in [2.24, 2.45) is 0 Å². The van der Waals surface area contributed by atoms with E-state index in [1.54, 1.807) is 4.40 Å². The van der Waals surface area contributed by atoms with E-state index in [1.807, 2.05) is 0 Å². The van der Waals surface area contributed by atoms with E-state index < -0.39 is 21.3 Å². The molecule has 0 bridgehead atoms. The molecule has 0 unspecified atom stereocenters. The third-order valence-corrected chi connectivity index (χ3v) is 20.5. The number of fused-ring (bicyclic) bond motifs is 2. The van der Waals surface area contributed by atoms with Gasteiger partial charge in [0.15, 0.2) is 0 Å². The van der Waals surface area contributed by atoms with Crippen molar-refractivity contribution in [1.29, 1.82) is 0 Å². The average molecular weight is 991 g/mol. The number of nitrogens with zero attached hydrogens (tertiary/aromatic N) is 1. The predicted molar refractivity (Wildman–Crippen MR) is 315 cm³/mol. The molecule has 0 aliphatic heterocycles. The molecular weight excluding hydrogens is 931 g/mol. The monoisotopic (exact) mass is 991 g/mol. The third-order valence-electron chi connectivity index (χ3n) is 14.2. The van der Waals surface area contributed by atoms with Crippen molar-refractivity contribution >= 4 is 69.5 Å². The van der Waals surface area contributed by atoms with Gasteiger partial charge in [-0.15, -0.1) is 0 Å². The predicted octanol–water partition coefficient (Wildman–Crippen LogP) is 18.6. The fraction of sp³-hybridized carbons (Fsp3) is 0.0882. The maximum atomic E-state index is 2.46. The minimum Gasteiger partial charge on any atom is -0.0551 e. The van der Waals surface area contributed by atoms with E-state index in [4.69, 9.17) is 0 Å². The number of hydrogen-bond donors (Lipinski definition) is 0. The van der Waals surface area contributed by atoms with E-state index in [0.717, 1.165) is 17.1 Å². The summed E-state index contributed by atoms with van der Waals surface area (Å²) in [7, 11) is -1.39. The van der Waals surface area contributed by atoms with E-state index in [1.165, 1.54) is 93.5 Å². The summed E-state index contributed by atoms with van der Waals surface area (Å²) in [5, 5.41) is 6.71. The summed E-state index contributed by atoms with van der Waals surface area (Å²) >= 11 is -1.92. The maximum absolute atomic E-state index is 2.46. The molecule has 0 saturated heterocycles. The molecule has 0 spiro atoms. The molecule has 3 heteroatoms. The summed E-state index contributed by atoms with van der Waals surface area (Å²) in [6.45, 7) is 7.24. The second-order valence-corrected chi connectivity index (χ2v) is 36.9. The summed E-state index contributed by atoms with van der Waals surface area (Å²) < 4.78 is 1.54. The van der Waals surface area contributed by atoms with Crippen LogP contribution < -0.4 is 14.5 Å². The van der Waals surface area contributed by atoms with Gasteiger partial charge in [-0.2, -0.15) is 0 Å². The van der Waals surface area contributed by atoms with Crippen LogP contribution in [0.5, 0.6) is 0 Å². The minimum atomic E-state index is -1.92. The van der Waals surface area contributed by atoms with Gasteiger partial charge in [-0.25, -0.2) is 0 Å². The fourth-order valence-corrected chi connectivity index (χ4v) is 13.5. The Bertz CT molecular complexity index is 3510. The van der Waals surface area contributed by atoms with Gasteiger partial charge in [0, 0.05) is 17.1 Å². The second kappa shape index (κ2) is 19.0. The fourth-order valence-electron chi connectivity index (χ4n) is 9.91. The quantitative estimate of drug-likeness (QED) is 0.117. The number of anilines is 3. The van der Waals surface area contributed by atoms with Crippen LogP contribution in [0.15, 0.2) is 249 Å². The van der Waals surface area contributed by atoms with Crippen LogP contribution in [-0.2, 0) is 0 Å². The van der Waals surface area contributed by atoms with Gasteiger partial charge in [0.25, 0.3) is 0 Å². The Morgan fingerprint density at radius 1 is 0.268 bits per heavy atom. The molecule has 0 N–H and O–H groups in total. The number of benzene rings is 11. The molecule has 0 aromatic heterocycles. The first-order valence-electron chi connectivity index (χ1n) is 25.0. The Morgan fingerprint density at radius 3 is 0.986 bits per heavy atom. The van der Waals surface area contributed by atoms with Crippen LogP contribution in [0.3, 0.4) is 0 Å². The molecule has 0 radical (unpaired) electrons. The van der Waals surface area contributed by atoms with Crippen LogP contribution in [0.25, 0.3) is 88.3 Å². The van der Waals surface area contributed by atoms with E-state index in [9.17, 15) is 0 Å². The molecule has 1 nitrogen and oxygen atoms in total. The van der Waals surface area contributed by atoms with Crippen LogP contribution in [0.4, 0.5) is 17.1 Å². The van der Waals surface area contributed by atoms with Gasteiger partial charge < -0.3 is 4.90 Å². The van der Waals surface area contributed by atoms with Crippen LogP contribution in [0.1, 0.15) is 0 Å². The standard InChI is InChI=1S/C68H59GeNSi/c1-69(2,3)64-33-25-60-44-58(21-23-62(60)46-64)56-19-11-17-54(42-56)50-28-36-66(37-29-50)70(65-34-26-49(27-35-65)53-16-10-15-52(41-53)48-13-8-7-9-14-48)67-38-30-51(31-39-67)55-18-12-20-57(43-55)59-22-24-63-47-68(71(4,5)6)40-32-61(63)45-59/h7-47H,1-6H3. The summed E-state index contributed by atoms with van der Waals surface area (Å²) in [5.41, 5.74) is 17.8. The molecular formula is C68H59GeNSi. The molecule has 11 rings (SSSR count). The molecule has 0 saturated carbocycles. The van der Waals surface area contributed by atoms with Crippen molar-refractivity contribution in [2.45, 2.75) is 36.9 Å². The molecule has 0 aliphatic carbocycles. The van der Waals surface area contributed by atoms with Crippen molar-refractivity contribution < 1.29 is 0 Å². The Balaban J connectivity index is 0.908. The van der Waals surface area contributed by atoms with Gasteiger partial charge in [-0.3, -0.25) is 0 Å². The Morgan fingerprint density at radius 2 is 0.577 bits per heavy atom. The topological polar surface area (TPSA) is 3.24 Å². The van der Waals surface area contributed by atoms with Crippen LogP contribution in [-0.4, -0.2) is 21.3 Å². The van der Waals surface area contributed by atoms with Crippen molar-refractivity contribution in [3.63, 3.8) is 0 Å². The van der Waals surface area contributed by atoms with E-state index >= 15 is 0 Å². The summed E-state index contributed by atoms with van der Waals surface area (Å²) in [6.07, 6.45) is 0. The van der Waals surface area contributed by atoms with Crippen LogP contribution in [0.2, 0.25) is 36.9 Å². The van der Waals surface area contributed by atoms with E-state index in [0.29, 0.717) is 0 Å². The van der Waals surface area contributed by atoms with Crippen molar-refractivity contribution in [3.05, 3.63) is 249 Å². The van der Waals surface area contributed by atoms with Gasteiger partial charge >= 0.3 is 153 Å². The zero-order chi connectivity index (χ0) is 48.7. The molecule has 71 heavy (non-hydrogen) atoms. The SMILES string of the molecule is C[Si](C)(C)c1ccc2cc(-c3cccc(-c4ccc(N(c5ccc(-c6cccc(-c7ccccc7)c6)cc5)c5ccc(-c6cccc(-c7ccc8c[c]([Ge]([CH3])([CH3])[CH3])ccc8c7)c6)cc5)cc4)c3)ccc2c1. The zero-order valence-electron chi connectivity index (χ0n) is 41.6. The van der Waals surface area contributed by atoms with Gasteiger partial charge in [0.1, 0.15) is 0 Å². The van der Waals surface area contributed by atoms with Crippen LogP contribution >= 0.6 is 0 Å². The van der Waals surface area contributed by atoms with Crippen LogP contribution in [0, 0.1) is 0 Å². The number of hydrogen-bond acceptors (Lipinski definition) is 1. The summed E-state index contributed by atoms with van der Waals surface area (Å²) in [4.78, 5) is 2.37. The van der Waals surface area contributed by atoms with Gasteiger partial charge in [0.05, 0.1) is 8.07 Å². The molecule has 344 valence electrons. The van der Waals surface area contributed by atoms with Gasteiger partial charge in [-0.1, -0.05) is 146 Å². The van der Waals surface area contributed by atoms with Gasteiger partial charge in [0.2, 0.25) is 0 Å². The molecule has 0 atom stereocenters. The first kappa shape index (κ1) is 45.9. The molecule has 0 aliphatic rings. The first-order chi connectivity index (χ1) is 34.4.